The van der Waals surface area contributed by atoms with Crippen molar-refractivity contribution in [1.82, 2.24) is 15.1 Å². The molecule has 6 heteroatoms. The molecule has 0 unspecified atom stereocenters. The number of carbonyl (C=O) groups is 3. The Morgan fingerprint density at radius 3 is 2.15 bits per heavy atom. The van der Waals surface area contributed by atoms with E-state index in [0.29, 0.717) is 31.7 Å². The van der Waals surface area contributed by atoms with Gasteiger partial charge in [-0.2, -0.15) is 0 Å². The van der Waals surface area contributed by atoms with Gasteiger partial charge in [0.15, 0.2) is 0 Å². The van der Waals surface area contributed by atoms with E-state index in [1.54, 1.807) is 21.9 Å². The quantitative estimate of drug-likeness (QED) is 0.891. The van der Waals surface area contributed by atoms with E-state index in [1.807, 2.05) is 18.2 Å². The Hall–Kier alpha value is -2.37. The predicted molar refractivity (Wildman–Crippen MR) is 98.5 cm³/mol. The lowest BCUT2D eigenvalue weighted by Crippen LogP contribution is -2.52. The van der Waals surface area contributed by atoms with Crippen LogP contribution in [0, 0.1) is 5.92 Å². The fraction of sp³-hybridized carbons (Fsp3) is 0.550. The zero-order chi connectivity index (χ0) is 18.4. The molecule has 3 rings (SSSR count). The molecule has 0 atom stereocenters. The van der Waals surface area contributed by atoms with Crippen LogP contribution in [0.4, 0.5) is 0 Å². The third kappa shape index (κ3) is 4.62. The summed E-state index contributed by atoms with van der Waals surface area (Å²) in [5, 5.41) is 2.80. The summed E-state index contributed by atoms with van der Waals surface area (Å²) >= 11 is 0. The number of piperazine rings is 1. The SMILES string of the molecule is O=C(NCC(=O)N1CCN(C(=O)c2ccccc2)CC1)C1CCCCC1. The van der Waals surface area contributed by atoms with Crippen LogP contribution in [0.3, 0.4) is 0 Å². The molecule has 0 radical (unpaired) electrons. The van der Waals surface area contributed by atoms with Crippen LogP contribution in [0.25, 0.3) is 0 Å². The van der Waals surface area contributed by atoms with Crippen LogP contribution >= 0.6 is 0 Å². The normalized spacial score (nSPS) is 18.5. The minimum absolute atomic E-state index is 0.00306. The maximum Gasteiger partial charge on any atom is 0.253 e. The van der Waals surface area contributed by atoms with Crippen molar-refractivity contribution in [2.75, 3.05) is 32.7 Å². The van der Waals surface area contributed by atoms with Gasteiger partial charge < -0.3 is 15.1 Å². The number of benzene rings is 1. The second-order valence-corrected chi connectivity index (χ2v) is 7.09. The zero-order valence-corrected chi connectivity index (χ0v) is 15.2. The molecule has 1 saturated heterocycles. The molecular weight excluding hydrogens is 330 g/mol. The van der Waals surface area contributed by atoms with E-state index in [9.17, 15) is 14.4 Å². The minimum Gasteiger partial charge on any atom is -0.347 e. The summed E-state index contributed by atoms with van der Waals surface area (Å²) < 4.78 is 0. The molecule has 1 aliphatic carbocycles. The van der Waals surface area contributed by atoms with Crippen LogP contribution in [0.15, 0.2) is 30.3 Å². The second-order valence-electron chi connectivity index (χ2n) is 7.09. The molecule has 6 nitrogen and oxygen atoms in total. The Morgan fingerprint density at radius 1 is 0.885 bits per heavy atom. The second kappa shape index (κ2) is 8.83. The van der Waals surface area contributed by atoms with Crippen molar-refractivity contribution in [2.45, 2.75) is 32.1 Å². The number of nitrogens with zero attached hydrogens (tertiary/aromatic N) is 2. The van der Waals surface area contributed by atoms with E-state index in [-0.39, 0.29) is 30.2 Å². The van der Waals surface area contributed by atoms with Crippen molar-refractivity contribution in [3.8, 4) is 0 Å². The third-order valence-corrected chi connectivity index (χ3v) is 5.33. The van der Waals surface area contributed by atoms with E-state index in [2.05, 4.69) is 5.32 Å². The first kappa shape index (κ1) is 18.4. The lowest BCUT2D eigenvalue weighted by Gasteiger charge is -2.35. The fourth-order valence-corrected chi connectivity index (χ4v) is 3.71. The largest absolute Gasteiger partial charge is 0.347 e. The summed E-state index contributed by atoms with van der Waals surface area (Å²) in [6.07, 6.45) is 5.27. The van der Waals surface area contributed by atoms with E-state index in [0.717, 1.165) is 25.7 Å². The summed E-state index contributed by atoms with van der Waals surface area (Å²) in [6.45, 7) is 2.13. The van der Waals surface area contributed by atoms with Gasteiger partial charge >= 0.3 is 0 Å². The number of hydrogen-bond donors (Lipinski definition) is 1. The molecule has 3 amide bonds. The van der Waals surface area contributed by atoms with Crippen molar-refractivity contribution < 1.29 is 14.4 Å². The lowest BCUT2D eigenvalue weighted by molar-refractivity contribution is -0.135. The molecule has 2 fully saturated rings. The number of rotatable bonds is 4. The summed E-state index contributed by atoms with van der Waals surface area (Å²) in [6, 6.07) is 9.19. The van der Waals surface area contributed by atoms with Crippen LogP contribution in [0.1, 0.15) is 42.5 Å². The number of nitrogens with one attached hydrogen (secondary N) is 1. The Kier molecular flexibility index (Phi) is 6.26. The first-order chi connectivity index (χ1) is 12.6. The van der Waals surface area contributed by atoms with Crippen molar-refractivity contribution in [3.63, 3.8) is 0 Å². The standard InChI is InChI=1S/C20H27N3O3/c24-18(15-21-19(25)16-7-3-1-4-8-16)22-11-13-23(14-12-22)20(26)17-9-5-2-6-10-17/h2,5-6,9-10,16H,1,3-4,7-8,11-15H2,(H,21,25). The highest BCUT2D eigenvalue weighted by molar-refractivity contribution is 5.94. The summed E-state index contributed by atoms with van der Waals surface area (Å²) in [4.78, 5) is 40.4. The monoisotopic (exact) mass is 357 g/mol. The van der Waals surface area contributed by atoms with E-state index >= 15 is 0 Å². The molecule has 2 aliphatic rings. The van der Waals surface area contributed by atoms with Gasteiger partial charge in [-0.15, -0.1) is 0 Å². The Bertz CT molecular complexity index is 633. The van der Waals surface area contributed by atoms with Crippen molar-refractivity contribution in [1.29, 1.82) is 0 Å². The number of hydrogen-bond acceptors (Lipinski definition) is 3. The van der Waals surface area contributed by atoms with Gasteiger partial charge in [0.05, 0.1) is 6.54 Å². The van der Waals surface area contributed by atoms with Crippen LogP contribution in [-0.4, -0.2) is 60.2 Å². The molecule has 1 aromatic rings. The molecule has 0 spiro atoms. The lowest BCUT2D eigenvalue weighted by atomic mass is 9.89. The summed E-state index contributed by atoms with van der Waals surface area (Å²) in [5.41, 5.74) is 0.673. The van der Waals surface area contributed by atoms with Crippen LogP contribution in [-0.2, 0) is 9.59 Å². The van der Waals surface area contributed by atoms with Crippen LogP contribution in [0.2, 0.25) is 0 Å². The first-order valence-corrected chi connectivity index (χ1v) is 9.55. The van der Waals surface area contributed by atoms with Gasteiger partial charge in [0.2, 0.25) is 11.8 Å². The minimum atomic E-state index is -0.0685. The van der Waals surface area contributed by atoms with Gasteiger partial charge in [-0.05, 0) is 25.0 Å². The molecule has 0 bridgehead atoms. The molecule has 140 valence electrons. The van der Waals surface area contributed by atoms with Gasteiger partial charge in [-0.1, -0.05) is 37.5 Å². The maximum absolute atomic E-state index is 12.4. The average Bonchev–Trinajstić information content (AvgIpc) is 2.72. The molecule has 1 aliphatic heterocycles. The van der Waals surface area contributed by atoms with E-state index in [1.165, 1.54) is 6.42 Å². The number of carbonyl (C=O) groups excluding carboxylic acids is 3. The van der Waals surface area contributed by atoms with Crippen molar-refractivity contribution in [3.05, 3.63) is 35.9 Å². The highest BCUT2D eigenvalue weighted by Crippen LogP contribution is 2.23. The summed E-state index contributed by atoms with van der Waals surface area (Å²) in [7, 11) is 0. The van der Waals surface area contributed by atoms with Crippen LogP contribution < -0.4 is 5.32 Å². The van der Waals surface area contributed by atoms with Gasteiger partial charge in [0.1, 0.15) is 0 Å². The average molecular weight is 357 g/mol. The summed E-state index contributed by atoms with van der Waals surface area (Å²) in [5.74, 6) is 0.0112. The molecule has 26 heavy (non-hydrogen) atoms. The van der Waals surface area contributed by atoms with E-state index < -0.39 is 0 Å². The van der Waals surface area contributed by atoms with Gasteiger partial charge in [-0.25, -0.2) is 0 Å². The van der Waals surface area contributed by atoms with E-state index in [4.69, 9.17) is 0 Å². The van der Waals surface area contributed by atoms with Gasteiger partial charge in [0, 0.05) is 37.7 Å². The van der Waals surface area contributed by atoms with Gasteiger partial charge in [0.25, 0.3) is 5.91 Å². The molecular formula is C20H27N3O3. The van der Waals surface area contributed by atoms with Gasteiger partial charge in [-0.3, -0.25) is 14.4 Å². The Morgan fingerprint density at radius 2 is 1.50 bits per heavy atom. The molecule has 1 N–H and O–H groups in total. The highest BCUT2D eigenvalue weighted by Gasteiger charge is 2.26. The number of amides is 3. The fourth-order valence-electron chi connectivity index (χ4n) is 3.71. The predicted octanol–water partition coefficient (Wildman–Crippen LogP) is 1.67. The topological polar surface area (TPSA) is 69.7 Å². The molecule has 1 heterocycles. The highest BCUT2D eigenvalue weighted by atomic mass is 16.2. The zero-order valence-electron chi connectivity index (χ0n) is 15.2. The maximum atomic E-state index is 12.4. The van der Waals surface area contributed by atoms with Crippen molar-refractivity contribution in [2.24, 2.45) is 5.92 Å². The Balaban J connectivity index is 1.42. The smallest absolute Gasteiger partial charge is 0.253 e. The third-order valence-electron chi connectivity index (χ3n) is 5.33. The first-order valence-electron chi connectivity index (χ1n) is 9.55. The van der Waals surface area contributed by atoms with Crippen molar-refractivity contribution >= 4 is 17.7 Å². The molecule has 0 aromatic heterocycles. The molecule has 1 saturated carbocycles. The Labute approximate surface area is 154 Å². The van der Waals surface area contributed by atoms with Crippen LogP contribution in [0.5, 0.6) is 0 Å². The molecule has 1 aromatic carbocycles.